The second-order valence-corrected chi connectivity index (χ2v) is 15.5. The van der Waals surface area contributed by atoms with E-state index in [4.69, 9.17) is 44.0 Å². The number of amides is 1. The molecule has 13 heteroatoms. The van der Waals surface area contributed by atoms with Gasteiger partial charge in [0.15, 0.2) is 5.96 Å². The molecule has 0 saturated carbocycles. The van der Waals surface area contributed by atoms with Gasteiger partial charge in [-0.1, -0.05) is 48.5 Å². The van der Waals surface area contributed by atoms with Crippen molar-refractivity contribution >= 4 is 81.0 Å². The Labute approximate surface area is 363 Å². The number of aromatic amines is 2. The summed E-state index contributed by atoms with van der Waals surface area (Å²) in [5, 5.41) is 13.0. The normalized spacial score (nSPS) is 12.3. The van der Waals surface area contributed by atoms with E-state index in [-0.39, 0.29) is 11.9 Å². The molecule has 13 nitrogen and oxygen atoms in total. The van der Waals surface area contributed by atoms with Gasteiger partial charge in [0.2, 0.25) is 5.91 Å². The maximum Gasteiger partial charge on any atom is 0.241 e. The number of rotatable bonds is 10. The number of fused-ring (bicyclic) bond motifs is 8. The summed E-state index contributed by atoms with van der Waals surface area (Å²) in [6.07, 6.45) is 9.18. The number of guanidine groups is 1. The first-order valence-corrected chi connectivity index (χ1v) is 20.6. The highest BCUT2D eigenvalue weighted by molar-refractivity contribution is 6.00. The predicted molar refractivity (Wildman–Crippen MR) is 260 cm³/mol. The van der Waals surface area contributed by atoms with Crippen LogP contribution in [0.25, 0.3) is 90.9 Å². The maximum atomic E-state index is 13.1. The number of H-pyrrole nitrogens is 2. The van der Waals surface area contributed by atoms with Crippen LogP contribution in [0.4, 0.5) is 22.7 Å². The molecule has 0 radical (unpaired) electrons. The van der Waals surface area contributed by atoms with E-state index in [0.717, 1.165) is 89.4 Å². The van der Waals surface area contributed by atoms with Crippen LogP contribution in [0.5, 0.6) is 0 Å². The summed E-state index contributed by atoms with van der Waals surface area (Å²) in [5.74, 6) is -0.417. The highest BCUT2D eigenvalue weighted by atomic mass is 16.2. The molecule has 8 bridgehead atoms. The van der Waals surface area contributed by atoms with Crippen molar-refractivity contribution < 1.29 is 4.79 Å². The molecule has 4 aromatic carbocycles. The average Bonchev–Trinajstić information content (AvgIpc) is 4.13. The quantitative estimate of drug-likeness (QED) is 0.0274. The van der Waals surface area contributed by atoms with Crippen LogP contribution in [-0.4, -0.2) is 44.4 Å². The monoisotopic (exact) mass is 830 g/mol. The highest BCUT2D eigenvalue weighted by Gasteiger charge is 2.20. The minimum absolute atomic E-state index is 0.117. The zero-order valence-electron chi connectivity index (χ0n) is 34.2. The van der Waals surface area contributed by atoms with Gasteiger partial charge in [-0.15, -0.1) is 0 Å². The van der Waals surface area contributed by atoms with Gasteiger partial charge in [-0.25, -0.2) is 9.97 Å². The summed E-state index contributed by atoms with van der Waals surface area (Å²) >= 11 is 0. The molecule has 0 spiro atoms. The Morgan fingerprint density at radius 3 is 1.21 bits per heavy atom. The van der Waals surface area contributed by atoms with Crippen LogP contribution >= 0.6 is 0 Å². The molecule has 1 atom stereocenters. The summed E-state index contributed by atoms with van der Waals surface area (Å²) in [6.45, 7) is 0.459. The Morgan fingerprint density at radius 1 is 0.540 bits per heavy atom. The maximum absolute atomic E-state index is 13.1. The van der Waals surface area contributed by atoms with Gasteiger partial charge < -0.3 is 49.3 Å². The van der Waals surface area contributed by atoms with Crippen molar-refractivity contribution in [1.82, 2.24) is 25.3 Å². The lowest BCUT2D eigenvalue weighted by molar-refractivity contribution is -0.117. The van der Waals surface area contributed by atoms with Gasteiger partial charge in [-0.3, -0.25) is 10.2 Å². The third-order valence-electron chi connectivity index (χ3n) is 11.1. The topological polar surface area (TPSA) is 252 Å². The van der Waals surface area contributed by atoms with Crippen LogP contribution in [0, 0.1) is 5.41 Å². The van der Waals surface area contributed by atoms with E-state index in [1.54, 1.807) is 0 Å². The van der Waals surface area contributed by atoms with Gasteiger partial charge in [-0.05, 0) is 132 Å². The molecule has 63 heavy (non-hydrogen) atoms. The van der Waals surface area contributed by atoms with E-state index in [2.05, 4.69) is 44.9 Å². The van der Waals surface area contributed by atoms with Gasteiger partial charge >= 0.3 is 0 Å². The van der Waals surface area contributed by atoms with Crippen molar-refractivity contribution in [2.75, 3.05) is 29.1 Å². The number of nitrogens with zero attached hydrogens (tertiary/aromatic N) is 2. The van der Waals surface area contributed by atoms with Crippen LogP contribution in [0.15, 0.2) is 121 Å². The number of nitrogen functional groups attached to an aromatic ring is 3. The van der Waals surface area contributed by atoms with E-state index in [9.17, 15) is 4.79 Å². The molecular formula is C50H46N12O. The summed E-state index contributed by atoms with van der Waals surface area (Å²) < 4.78 is 0. The fraction of sp³-hybridized carbons (Fsp3) is 0.0800. The van der Waals surface area contributed by atoms with Crippen LogP contribution in [0.3, 0.4) is 0 Å². The van der Waals surface area contributed by atoms with Crippen molar-refractivity contribution in [3.63, 3.8) is 0 Å². The first-order chi connectivity index (χ1) is 30.6. The zero-order chi connectivity index (χ0) is 43.6. The molecule has 5 heterocycles. The number of anilines is 4. The minimum atomic E-state index is -0.728. The van der Waals surface area contributed by atoms with Gasteiger partial charge in [-0.2, -0.15) is 0 Å². The first kappa shape index (κ1) is 40.0. The molecule has 15 N–H and O–H groups in total. The van der Waals surface area contributed by atoms with Crippen LogP contribution < -0.4 is 39.3 Å². The summed E-state index contributed by atoms with van der Waals surface area (Å²) in [7, 11) is 0. The average molecular weight is 831 g/mol. The lowest BCUT2D eigenvalue weighted by Crippen LogP contribution is -2.37. The Bertz CT molecular complexity index is 3060. The number of hydrogen-bond donors (Lipinski definition) is 10. The second-order valence-electron chi connectivity index (χ2n) is 15.5. The molecule has 0 fully saturated rings. The van der Waals surface area contributed by atoms with Crippen LogP contribution in [0.1, 0.15) is 35.6 Å². The van der Waals surface area contributed by atoms with E-state index in [1.807, 2.05) is 121 Å². The fourth-order valence-corrected chi connectivity index (χ4v) is 8.00. The number of carbonyl (C=O) groups is 1. The summed E-state index contributed by atoms with van der Waals surface area (Å²) in [6, 6.07) is 38.6. The third-order valence-corrected chi connectivity index (χ3v) is 11.1. The summed E-state index contributed by atoms with van der Waals surface area (Å²) in [5.41, 5.74) is 46.4. The number of hydrogen-bond acceptors (Lipinski definition) is 8. The highest BCUT2D eigenvalue weighted by Crippen LogP contribution is 2.39. The number of nitrogens with two attached hydrogens (primary N) is 5. The Kier molecular flexibility index (Phi) is 10.7. The molecule has 2 aliphatic heterocycles. The van der Waals surface area contributed by atoms with E-state index >= 15 is 0 Å². The molecule has 0 aliphatic carbocycles. The van der Waals surface area contributed by atoms with Crippen molar-refractivity contribution in [2.24, 2.45) is 11.5 Å². The molecule has 0 saturated heterocycles. The van der Waals surface area contributed by atoms with E-state index in [0.29, 0.717) is 42.1 Å². The molecule has 312 valence electrons. The fourth-order valence-electron chi connectivity index (χ4n) is 8.00. The van der Waals surface area contributed by atoms with Gasteiger partial charge in [0, 0.05) is 73.6 Å². The van der Waals surface area contributed by atoms with E-state index < -0.39 is 6.04 Å². The molecule has 2 aliphatic rings. The van der Waals surface area contributed by atoms with Crippen molar-refractivity contribution in [1.29, 1.82) is 5.41 Å². The number of carbonyl (C=O) groups excluding carboxylic acids is 1. The SMILES string of the molecule is N=C(N)NCCCC(N)C(=O)Nc1ccc(-c2c3nc(c(-c4ccc(N)cc4)c4ccc([nH]4)c(-c4ccc(N)cc4)c4nc(c(-c5ccc(N)cc5)c5ccc2[nH]5)C=C4)C=C3)cc1. The molecule has 1 unspecified atom stereocenters. The van der Waals surface area contributed by atoms with Crippen molar-refractivity contribution in [3.05, 3.63) is 144 Å². The Hall–Kier alpha value is -8.42. The molecular weight excluding hydrogens is 785 g/mol. The molecule has 7 aromatic rings. The smallest absolute Gasteiger partial charge is 0.241 e. The summed E-state index contributed by atoms with van der Waals surface area (Å²) in [4.78, 5) is 31.3. The minimum Gasteiger partial charge on any atom is -0.399 e. The number of aromatic nitrogens is 4. The Balaban J connectivity index is 1.28. The molecule has 9 rings (SSSR count). The van der Waals surface area contributed by atoms with E-state index in [1.165, 1.54) is 0 Å². The molecule has 1 amide bonds. The first-order valence-electron chi connectivity index (χ1n) is 20.6. The second kappa shape index (κ2) is 16.9. The molecule has 3 aromatic heterocycles. The number of nitrogens with one attached hydrogen (secondary N) is 5. The van der Waals surface area contributed by atoms with Crippen LogP contribution in [0.2, 0.25) is 0 Å². The van der Waals surface area contributed by atoms with Crippen molar-refractivity contribution in [2.45, 2.75) is 18.9 Å². The van der Waals surface area contributed by atoms with Crippen molar-refractivity contribution in [3.8, 4) is 44.5 Å². The number of benzene rings is 4. The van der Waals surface area contributed by atoms with Crippen LogP contribution in [-0.2, 0) is 4.79 Å². The third kappa shape index (κ3) is 8.36. The van der Waals surface area contributed by atoms with Gasteiger partial charge in [0.25, 0.3) is 0 Å². The lowest BCUT2D eigenvalue weighted by Gasteiger charge is -2.13. The lowest BCUT2D eigenvalue weighted by atomic mass is 10.0. The van der Waals surface area contributed by atoms with Gasteiger partial charge in [0.1, 0.15) is 0 Å². The standard InChI is InChI=1S/C50H46N12O/c51-32-11-3-28(4-12-32)45-37-19-21-39(59-37)46(29-5-13-33(52)14-6-29)41-23-25-43(61-41)48(31-9-17-35(18-10-31)58-49(63)36(54)2-1-27-57-50(55)56)44-26-24-42(62-44)47(40-22-20-38(45)60-40)30-7-15-34(53)16-8-30/h3-26,36,59,62H,1-2,27,51-54H2,(H,58,63)(H4,55,56,57). The van der Waals surface area contributed by atoms with Gasteiger partial charge in [0.05, 0.1) is 28.8 Å². The Morgan fingerprint density at radius 2 is 0.873 bits per heavy atom. The predicted octanol–water partition coefficient (Wildman–Crippen LogP) is 8.60. The largest absolute Gasteiger partial charge is 0.399 e. The zero-order valence-corrected chi connectivity index (χ0v) is 34.2.